The number of fused-ring (bicyclic) bond motifs is 3. The maximum atomic E-state index is 13.2. The summed E-state index contributed by atoms with van der Waals surface area (Å²) in [7, 11) is 1.49. The Kier molecular flexibility index (Phi) is 7.78. The van der Waals surface area contributed by atoms with Crippen LogP contribution in [-0.4, -0.2) is 77.1 Å². The Balaban J connectivity index is 1.79. The number of hydrogen-bond acceptors (Lipinski definition) is 7. The molecule has 4 rings (SSSR count). The molecule has 0 spiro atoms. The number of amides is 2. The molecule has 3 aliphatic rings. The predicted octanol–water partition coefficient (Wildman–Crippen LogP) is 1.01. The van der Waals surface area contributed by atoms with Crippen LogP contribution in [0.5, 0.6) is 11.5 Å². The van der Waals surface area contributed by atoms with Crippen LogP contribution in [0.25, 0.3) is 0 Å². The third kappa shape index (κ3) is 5.07. The molecule has 0 saturated heterocycles. The van der Waals surface area contributed by atoms with E-state index in [1.54, 1.807) is 29.2 Å². The standard InChI is InChI=1S/C26H34N2O7/c1-3-4-5-21(31)28(13-15-6-7-15)19-12-18(26(33)27-8-9-29)22-17-10-16(14-30)11-20(34-2)24(17)35-25(22)23(19)32/h4-5,10-12,15,19,22-23,25,29-30,32H,3,6-9,13-14H2,1-2H3,(H,27,33)/t19-,22+,23+,25+/m1/s1. The average Bonchev–Trinajstić information content (AvgIpc) is 3.61. The summed E-state index contributed by atoms with van der Waals surface area (Å²) in [5.41, 5.74) is 1.57. The number of rotatable bonds is 10. The number of allylic oxidation sites excluding steroid dienone is 1. The van der Waals surface area contributed by atoms with Gasteiger partial charge in [0.05, 0.1) is 32.3 Å². The van der Waals surface area contributed by atoms with Crippen LogP contribution >= 0.6 is 0 Å². The van der Waals surface area contributed by atoms with Crippen molar-refractivity contribution in [3.8, 4) is 11.5 Å². The number of nitrogens with one attached hydrogen (secondary N) is 1. The van der Waals surface area contributed by atoms with Crippen molar-refractivity contribution in [2.45, 2.75) is 57.0 Å². The van der Waals surface area contributed by atoms with Crippen LogP contribution in [0.2, 0.25) is 0 Å². The second kappa shape index (κ2) is 10.8. The first kappa shape index (κ1) is 25.2. The number of carbonyl (C=O) groups is 2. The van der Waals surface area contributed by atoms with Gasteiger partial charge in [0.2, 0.25) is 11.8 Å². The van der Waals surface area contributed by atoms with Gasteiger partial charge in [0.1, 0.15) is 12.2 Å². The van der Waals surface area contributed by atoms with Crippen LogP contribution in [0, 0.1) is 5.92 Å². The molecule has 2 aliphatic carbocycles. The largest absolute Gasteiger partial charge is 0.493 e. The van der Waals surface area contributed by atoms with Gasteiger partial charge < -0.3 is 35.0 Å². The number of methoxy groups -OCH3 is 1. The number of carbonyl (C=O) groups excluding carboxylic acids is 2. The highest BCUT2D eigenvalue weighted by Gasteiger charge is 2.51. The van der Waals surface area contributed by atoms with E-state index < -0.39 is 30.1 Å². The van der Waals surface area contributed by atoms with Crippen molar-refractivity contribution in [1.29, 1.82) is 0 Å². The molecule has 0 unspecified atom stereocenters. The smallest absolute Gasteiger partial charge is 0.247 e. The lowest BCUT2D eigenvalue weighted by atomic mass is 9.77. The lowest BCUT2D eigenvalue weighted by Crippen LogP contribution is -2.56. The Morgan fingerprint density at radius 3 is 2.69 bits per heavy atom. The van der Waals surface area contributed by atoms with Crippen molar-refractivity contribution in [3.05, 3.63) is 47.1 Å². The number of hydrogen-bond donors (Lipinski definition) is 4. The van der Waals surface area contributed by atoms with Crippen molar-refractivity contribution in [2.75, 3.05) is 26.8 Å². The second-order valence-corrected chi connectivity index (χ2v) is 9.26. The van der Waals surface area contributed by atoms with E-state index in [1.165, 1.54) is 13.2 Å². The first-order chi connectivity index (χ1) is 16.9. The number of nitrogens with zero attached hydrogens (tertiary/aromatic N) is 1. The zero-order chi connectivity index (χ0) is 25.1. The minimum absolute atomic E-state index is 0.0679. The molecule has 1 heterocycles. The van der Waals surface area contributed by atoms with Crippen LogP contribution in [-0.2, 0) is 16.2 Å². The van der Waals surface area contributed by atoms with Crippen LogP contribution in [0.15, 0.2) is 35.9 Å². The fourth-order valence-electron chi connectivity index (χ4n) is 4.87. The van der Waals surface area contributed by atoms with E-state index in [0.29, 0.717) is 47.1 Å². The molecule has 4 N–H and O–H groups in total. The molecule has 9 nitrogen and oxygen atoms in total. The van der Waals surface area contributed by atoms with Gasteiger partial charge in [-0.2, -0.15) is 0 Å². The third-order valence-electron chi connectivity index (χ3n) is 6.79. The van der Waals surface area contributed by atoms with Gasteiger partial charge in [-0.25, -0.2) is 0 Å². The Morgan fingerprint density at radius 2 is 2.06 bits per heavy atom. The first-order valence-corrected chi connectivity index (χ1v) is 12.2. The molecule has 0 radical (unpaired) electrons. The summed E-state index contributed by atoms with van der Waals surface area (Å²) >= 11 is 0. The van der Waals surface area contributed by atoms with Crippen molar-refractivity contribution in [2.24, 2.45) is 5.92 Å². The van der Waals surface area contributed by atoms with Gasteiger partial charge in [-0.3, -0.25) is 9.59 Å². The molecule has 190 valence electrons. The van der Waals surface area contributed by atoms with Gasteiger partial charge in [0.25, 0.3) is 0 Å². The Bertz CT molecular complexity index is 1020. The highest BCUT2D eigenvalue weighted by Crippen LogP contribution is 2.51. The summed E-state index contributed by atoms with van der Waals surface area (Å²) in [5, 5.41) is 33.2. The van der Waals surface area contributed by atoms with E-state index in [2.05, 4.69) is 5.32 Å². The van der Waals surface area contributed by atoms with Crippen LogP contribution in [0.1, 0.15) is 43.2 Å². The van der Waals surface area contributed by atoms with E-state index in [4.69, 9.17) is 9.47 Å². The molecule has 35 heavy (non-hydrogen) atoms. The molecule has 1 aromatic rings. The Labute approximate surface area is 205 Å². The minimum Gasteiger partial charge on any atom is -0.493 e. The summed E-state index contributed by atoms with van der Waals surface area (Å²) in [6, 6.07) is 2.64. The average molecular weight is 487 g/mol. The molecule has 1 saturated carbocycles. The summed E-state index contributed by atoms with van der Waals surface area (Å²) in [6.45, 7) is 2.05. The first-order valence-electron chi connectivity index (χ1n) is 12.2. The normalized spacial score (nSPS) is 24.9. The van der Waals surface area contributed by atoms with E-state index in [-0.39, 0.29) is 25.7 Å². The minimum atomic E-state index is -1.10. The van der Waals surface area contributed by atoms with E-state index >= 15 is 0 Å². The van der Waals surface area contributed by atoms with Crippen molar-refractivity contribution in [1.82, 2.24) is 10.2 Å². The lowest BCUT2D eigenvalue weighted by Gasteiger charge is -2.40. The van der Waals surface area contributed by atoms with Gasteiger partial charge in [-0.1, -0.05) is 13.0 Å². The number of benzene rings is 1. The van der Waals surface area contributed by atoms with Gasteiger partial charge in [-0.05, 0) is 55.0 Å². The second-order valence-electron chi connectivity index (χ2n) is 9.26. The van der Waals surface area contributed by atoms with Crippen LogP contribution in [0.3, 0.4) is 0 Å². The van der Waals surface area contributed by atoms with E-state index in [0.717, 1.165) is 12.8 Å². The molecular formula is C26H34N2O7. The summed E-state index contributed by atoms with van der Waals surface area (Å²) < 4.78 is 11.7. The zero-order valence-corrected chi connectivity index (χ0v) is 20.1. The molecule has 9 heteroatoms. The molecule has 1 aromatic carbocycles. The van der Waals surface area contributed by atoms with E-state index in [1.807, 2.05) is 6.92 Å². The summed E-state index contributed by atoms with van der Waals surface area (Å²) in [6.07, 6.45) is 5.78. The fraction of sp³-hybridized carbons (Fsp3) is 0.538. The van der Waals surface area contributed by atoms with Crippen LogP contribution in [0.4, 0.5) is 0 Å². The molecule has 2 amide bonds. The number of aliphatic hydroxyl groups is 3. The van der Waals surface area contributed by atoms with Crippen molar-refractivity contribution < 1.29 is 34.4 Å². The number of ether oxygens (including phenoxy) is 2. The third-order valence-corrected chi connectivity index (χ3v) is 6.79. The van der Waals surface area contributed by atoms with Crippen LogP contribution < -0.4 is 14.8 Å². The zero-order valence-electron chi connectivity index (χ0n) is 20.1. The molecule has 0 aromatic heterocycles. The molecular weight excluding hydrogens is 452 g/mol. The SMILES string of the molecule is CCC=CC(=O)N(CC1CC1)[C@@H]1C=C(C(=O)NCCO)[C@@H]2c3cc(CO)cc(OC)c3O[C@@H]2[C@H]1O. The summed E-state index contributed by atoms with van der Waals surface area (Å²) in [5.74, 6) is -0.0722. The van der Waals surface area contributed by atoms with E-state index in [9.17, 15) is 24.9 Å². The molecule has 1 fully saturated rings. The predicted molar refractivity (Wildman–Crippen MR) is 128 cm³/mol. The van der Waals surface area contributed by atoms with Crippen molar-refractivity contribution in [3.63, 3.8) is 0 Å². The maximum absolute atomic E-state index is 13.2. The lowest BCUT2D eigenvalue weighted by molar-refractivity contribution is -0.132. The van der Waals surface area contributed by atoms with Gasteiger partial charge >= 0.3 is 0 Å². The molecule has 1 aliphatic heterocycles. The Hall–Kier alpha value is -2.88. The van der Waals surface area contributed by atoms with Gasteiger partial charge in [-0.15, -0.1) is 0 Å². The quantitative estimate of drug-likeness (QED) is 0.364. The topological polar surface area (TPSA) is 129 Å². The molecule has 4 atom stereocenters. The van der Waals surface area contributed by atoms with Crippen molar-refractivity contribution >= 4 is 11.8 Å². The highest BCUT2D eigenvalue weighted by atomic mass is 16.5. The monoisotopic (exact) mass is 486 g/mol. The fourth-order valence-corrected chi connectivity index (χ4v) is 4.87. The summed E-state index contributed by atoms with van der Waals surface area (Å²) in [4.78, 5) is 28.0. The highest BCUT2D eigenvalue weighted by molar-refractivity contribution is 5.96. The maximum Gasteiger partial charge on any atom is 0.247 e. The number of aliphatic hydroxyl groups excluding tert-OH is 3. The van der Waals surface area contributed by atoms with Gasteiger partial charge in [0.15, 0.2) is 11.5 Å². The van der Waals surface area contributed by atoms with Gasteiger partial charge in [0, 0.05) is 24.2 Å². The Morgan fingerprint density at radius 1 is 1.29 bits per heavy atom. The molecule has 0 bridgehead atoms.